The zero-order chi connectivity index (χ0) is 18.4. The second-order valence-corrected chi connectivity index (χ2v) is 7.77. The van der Waals surface area contributed by atoms with Crippen LogP contribution in [0.3, 0.4) is 0 Å². The normalized spacial score (nSPS) is 18.4. The van der Waals surface area contributed by atoms with Gasteiger partial charge in [0.1, 0.15) is 0 Å². The van der Waals surface area contributed by atoms with E-state index < -0.39 is 34.4 Å². The summed E-state index contributed by atoms with van der Waals surface area (Å²) in [7, 11) is -1.59. The molecule has 1 atom stereocenters. The summed E-state index contributed by atoms with van der Waals surface area (Å²) in [5.74, 6) is -0.349. The molecule has 8 nitrogen and oxygen atoms in total. The fourth-order valence-corrected chi connectivity index (χ4v) is 4.14. The molecular formula is C16H21NO7S. The van der Waals surface area contributed by atoms with Gasteiger partial charge >= 0.3 is 5.97 Å². The predicted molar refractivity (Wildman–Crippen MR) is 89.6 cm³/mol. The molecule has 0 spiro atoms. The van der Waals surface area contributed by atoms with Gasteiger partial charge in [-0.1, -0.05) is 0 Å². The van der Waals surface area contributed by atoms with Gasteiger partial charge in [-0.25, -0.2) is 13.2 Å². The van der Waals surface area contributed by atoms with Gasteiger partial charge in [-0.05, 0) is 31.5 Å². The Bertz CT molecular complexity index is 745. The molecule has 0 unspecified atom stereocenters. The van der Waals surface area contributed by atoms with Gasteiger partial charge in [0.2, 0.25) is 0 Å². The summed E-state index contributed by atoms with van der Waals surface area (Å²) in [5, 5.41) is 2.55. The number of amides is 1. The van der Waals surface area contributed by atoms with Crippen molar-refractivity contribution in [3.05, 3.63) is 23.8 Å². The van der Waals surface area contributed by atoms with Gasteiger partial charge in [0.15, 0.2) is 27.9 Å². The van der Waals surface area contributed by atoms with Gasteiger partial charge in [0, 0.05) is 6.04 Å². The number of ether oxygens (including phenoxy) is 3. The van der Waals surface area contributed by atoms with Crippen molar-refractivity contribution in [1.29, 1.82) is 0 Å². The Morgan fingerprint density at radius 1 is 1.28 bits per heavy atom. The molecule has 1 aromatic carbocycles. The predicted octanol–water partition coefficient (Wildman–Crippen LogP) is 0.554. The number of sulfone groups is 1. The summed E-state index contributed by atoms with van der Waals surface area (Å²) in [6.07, 6.45) is 0.373. The highest BCUT2D eigenvalue weighted by molar-refractivity contribution is 7.91. The number of rotatable bonds is 7. The molecule has 1 N–H and O–H groups in total. The Balaban J connectivity index is 1.89. The molecule has 1 aliphatic heterocycles. The molecule has 2 rings (SSSR count). The van der Waals surface area contributed by atoms with Gasteiger partial charge in [-0.15, -0.1) is 0 Å². The molecule has 1 aliphatic rings. The van der Waals surface area contributed by atoms with Crippen LogP contribution < -0.4 is 14.8 Å². The fraction of sp³-hybridized carbons (Fsp3) is 0.500. The van der Waals surface area contributed by atoms with Crippen molar-refractivity contribution in [3.8, 4) is 11.5 Å². The molecule has 138 valence electrons. The van der Waals surface area contributed by atoms with E-state index in [1.807, 2.05) is 0 Å². The van der Waals surface area contributed by atoms with E-state index >= 15 is 0 Å². The number of benzene rings is 1. The lowest BCUT2D eigenvalue weighted by atomic mass is 10.2. The number of carbonyl (C=O) groups excluding carboxylic acids is 2. The number of hydrogen-bond acceptors (Lipinski definition) is 7. The first-order valence-corrected chi connectivity index (χ1v) is 9.64. The molecule has 1 fully saturated rings. The van der Waals surface area contributed by atoms with Crippen LogP contribution in [0.25, 0.3) is 0 Å². The molecule has 0 radical (unpaired) electrons. The molecule has 0 aliphatic carbocycles. The number of methoxy groups -OCH3 is 1. The molecule has 0 bridgehead atoms. The monoisotopic (exact) mass is 371 g/mol. The van der Waals surface area contributed by atoms with Crippen LogP contribution in [0, 0.1) is 0 Å². The summed E-state index contributed by atoms with van der Waals surface area (Å²) < 4.78 is 38.2. The minimum atomic E-state index is -3.08. The van der Waals surface area contributed by atoms with Crippen molar-refractivity contribution in [3.63, 3.8) is 0 Å². The van der Waals surface area contributed by atoms with E-state index in [2.05, 4.69) is 5.32 Å². The third-order valence-electron chi connectivity index (χ3n) is 3.63. The lowest BCUT2D eigenvalue weighted by Crippen LogP contribution is -2.38. The van der Waals surface area contributed by atoms with Gasteiger partial charge in [-0.3, -0.25) is 4.79 Å². The van der Waals surface area contributed by atoms with Crippen LogP contribution in [-0.4, -0.2) is 58.2 Å². The highest BCUT2D eigenvalue weighted by Gasteiger charge is 2.29. The molecule has 1 amide bonds. The van der Waals surface area contributed by atoms with E-state index in [9.17, 15) is 18.0 Å². The standard InChI is InChI=1S/C16H21NO7S/c1-3-23-14-8-11(4-5-13(14)22-2)16(19)24-9-15(18)17-12-6-7-25(20,21)10-12/h4-5,8,12H,3,6-7,9-10H2,1-2H3,(H,17,18)/t12-/m0/s1. The molecule has 1 saturated heterocycles. The number of esters is 1. The van der Waals surface area contributed by atoms with Crippen molar-refractivity contribution in [1.82, 2.24) is 5.32 Å². The lowest BCUT2D eigenvalue weighted by Gasteiger charge is -2.12. The Morgan fingerprint density at radius 2 is 2.04 bits per heavy atom. The fourth-order valence-electron chi connectivity index (χ4n) is 2.46. The first-order chi connectivity index (χ1) is 11.8. The Hall–Kier alpha value is -2.29. The zero-order valence-electron chi connectivity index (χ0n) is 14.1. The van der Waals surface area contributed by atoms with Gasteiger partial charge in [0.25, 0.3) is 5.91 Å². The average molecular weight is 371 g/mol. The maximum atomic E-state index is 12.1. The topological polar surface area (TPSA) is 108 Å². The molecular weight excluding hydrogens is 350 g/mol. The first kappa shape index (κ1) is 19.0. The van der Waals surface area contributed by atoms with Crippen molar-refractivity contribution in [2.75, 3.05) is 31.8 Å². The van der Waals surface area contributed by atoms with E-state index in [-0.39, 0.29) is 17.1 Å². The average Bonchev–Trinajstić information content (AvgIpc) is 2.91. The Kier molecular flexibility index (Phi) is 6.24. The minimum absolute atomic E-state index is 0.0593. The van der Waals surface area contributed by atoms with Crippen LogP contribution in [0.2, 0.25) is 0 Å². The molecule has 0 saturated carbocycles. The van der Waals surface area contributed by atoms with Gasteiger partial charge in [0.05, 0.1) is 30.8 Å². The Labute approximate surface area is 146 Å². The van der Waals surface area contributed by atoms with Crippen molar-refractivity contribution in [2.24, 2.45) is 0 Å². The summed E-state index contributed by atoms with van der Waals surface area (Å²) in [6.45, 7) is 1.73. The smallest absolute Gasteiger partial charge is 0.338 e. The molecule has 9 heteroatoms. The maximum Gasteiger partial charge on any atom is 0.338 e. The summed E-state index contributed by atoms with van der Waals surface area (Å²) in [4.78, 5) is 23.8. The summed E-state index contributed by atoms with van der Waals surface area (Å²) in [6, 6.07) is 4.13. The number of hydrogen-bond donors (Lipinski definition) is 1. The second kappa shape index (κ2) is 8.19. The largest absolute Gasteiger partial charge is 0.493 e. The number of carbonyl (C=O) groups is 2. The van der Waals surface area contributed by atoms with Crippen LogP contribution in [0.4, 0.5) is 0 Å². The van der Waals surface area contributed by atoms with E-state index in [0.717, 1.165) is 0 Å². The maximum absolute atomic E-state index is 12.1. The minimum Gasteiger partial charge on any atom is -0.493 e. The lowest BCUT2D eigenvalue weighted by molar-refractivity contribution is -0.124. The SMILES string of the molecule is CCOc1cc(C(=O)OCC(=O)N[C@H]2CCS(=O)(=O)C2)ccc1OC. The van der Waals surface area contributed by atoms with Crippen LogP contribution in [0.1, 0.15) is 23.7 Å². The van der Waals surface area contributed by atoms with Crippen molar-refractivity contribution in [2.45, 2.75) is 19.4 Å². The summed E-state index contributed by atoms with van der Waals surface area (Å²) in [5.41, 5.74) is 0.223. The third kappa shape index (κ3) is 5.35. The first-order valence-electron chi connectivity index (χ1n) is 7.82. The molecule has 1 aromatic rings. The highest BCUT2D eigenvalue weighted by atomic mass is 32.2. The Morgan fingerprint density at radius 3 is 2.64 bits per heavy atom. The third-order valence-corrected chi connectivity index (χ3v) is 5.40. The molecule has 0 aromatic heterocycles. The second-order valence-electron chi connectivity index (χ2n) is 5.54. The van der Waals surface area contributed by atoms with Crippen LogP contribution >= 0.6 is 0 Å². The van der Waals surface area contributed by atoms with E-state index in [1.54, 1.807) is 13.0 Å². The van der Waals surface area contributed by atoms with Crippen LogP contribution in [0.5, 0.6) is 11.5 Å². The van der Waals surface area contributed by atoms with E-state index in [1.165, 1.54) is 19.2 Å². The van der Waals surface area contributed by atoms with Crippen molar-refractivity contribution < 1.29 is 32.2 Å². The summed E-state index contributed by atoms with van der Waals surface area (Å²) >= 11 is 0. The van der Waals surface area contributed by atoms with Crippen molar-refractivity contribution >= 4 is 21.7 Å². The highest BCUT2D eigenvalue weighted by Crippen LogP contribution is 2.28. The van der Waals surface area contributed by atoms with Crippen LogP contribution in [0.15, 0.2) is 18.2 Å². The van der Waals surface area contributed by atoms with E-state index in [4.69, 9.17) is 14.2 Å². The quantitative estimate of drug-likeness (QED) is 0.698. The number of nitrogens with one attached hydrogen (secondary N) is 1. The van der Waals surface area contributed by atoms with Gasteiger partial charge in [-0.2, -0.15) is 0 Å². The van der Waals surface area contributed by atoms with Crippen LogP contribution in [-0.2, 0) is 19.4 Å². The molecule has 25 heavy (non-hydrogen) atoms. The van der Waals surface area contributed by atoms with Gasteiger partial charge < -0.3 is 19.5 Å². The molecule has 1 heterocycles. The zero-order valence-corrected chi connectivity index (χ0v) is 14.9. The van der Waals surface area contributed by atoms with E-state index in [0.29, 0.717) is 24.5 Å².